The Morgan fingerprint density at radius 2 is 2.17 bits per heavy atom. The van der Waals surface area contributed by atoms with Crippen molar-refractivity contribution in [3.63, 3.8) is 0 Å². The number of benzene rings is 1. The molecule has 1 aromatic carbocycles. The SMILES string of the molecule is CCc1cc(C#N)ccc1CI. The highest BCUT2D eigenvalue weighted by atomic mass is 127. The van der Waals surface area contributed by atoms with Crippen LogP contribution in [0.3, 0.4) is 0 Å². The lowest BCUT2D eigenvalue weighted by Gasteiger charge is -2.03. The molecule has 0 aliphatic rings. The molecule has 12 heavy (non-hydrogen) atoms. The molecule has 0 radical (unpaired) electrons. The summed E-state index contributed by atoms with van der Waals surface area (Å²) in [5.41, 5.74) is 3.40. The second-order valence-corrected chi connectivity index (χ2v) is 3.35. The molecule has 0 aromatic heterocycles. The molecule has 0 heterocycles. The molecule has 0 spiro atoms. The lowest BCUT2D eigenvalue weighted by atomic mass is 10.0. The van der Waals surface area contributed by atoms with E-state index in [2.05, 4.69) is 35.6 Å². The summed E-state index contributed by atoms with van der Waals surface area (Å²) in [7, 11) is 0. The van der Waals surface area contributed by atoms with E-state index in [1.807, 2.05) is 18.2 Å². The van der Waals surface area contributed by atoms with Crippen LogP contribution < -0.4 is 0 Å². The number of halogens is 1. The van der Waals surface area contributed by atoms with Crippen LogP contribution in [0.1, 0.15) is 23.6 Å². The predicted octanol–water partition coefficient (Wildman–Crippen LogP) is 3.06. The number of hydrogen-bond donors (Lipinski definition) is 0. The number of hydrogen-bond acceptors (Lipinski definition) is 1. The van der Waals surface area contributed by atoms with Gasteiger partial charge >= 0.3 is 0 Å². The first-order valence-corrected chi connectivity index (χ1v) is 5.42. The quantitative estimate of drug-likeness (QED) is 0.599. The van der Waals surface area contributed by atoms with E-state index in [1.165, 1.54) is 11.1 Å². The van der Waals surface area contributed by atoms with Crippen LogP contribution >= 0.6 is 22.6 Å². The van der Waals surface area contributed by atoms with Gasteiger partial charge in [-0.05, 0) is 29.7 Å². The van der Waals surface area contributed by atoms with Crippen molar-refractivity contribution in [2.24, 2.45) is 0 Å². The van der Waals surface area contributed by atoms with Gasteiger partial charge in [-0.2, -0.15) is 5.26 Å². The Morgan fingerprint density at radius 1 is 1.42 bits per heavy atom. The second-order valence-electron chi connectivity index (χ2n) is 2.58. The van der Waals surface area contributed by atoms with Crippen molar-refractivity contribution >= 4 is 22.6 Å². The molecule has 0 aliphatic heterocycles. The zero-order valence-electron chi connectivity index (χ0n) is 6.97. The molecule has 1 rings (SSSR count). The molecule has 0 bridgehead atoms. The Labute approximate surface area is 86.5 Å². The van der Waals surface area contributed by atoms with Crippen molar-refractivity contribution in [2.45, 2.75) is 17.8 Å². The van der Waals surface area contributed by atoms with Gasteiger partial charge in [0.1, 0.15) is 0 Å². The van der Waals surface area contributed by atoms with E-state index in [0.717, 1.165) is 16.4 Å². The molecule has 1 nitrogen and oxygen atoms in total. The summed E-state index contributed by atoms with van der Waals surface area (Å²) in [4.78, 5) is 0. The minimum absolute atomic E-state index is 0.764. The van der Waals surface area contributed by atoms with Crippen LogP contribution in [0.25, 0.3) is 0 Å². The van der Waals surface area contributed by atoms with E-state index in [-0.39, 0.29) is 0 Å². The average Bonchev–Trinajstić information content (AvgIpc) is 2.16. The third kappa shape index (κ3) is 1.98. The summed E-state index contributed by atoms with van der Waals surface area (Å²) in [5.74, 6) is 0. The number of nitriles is 1. The summed E-state index contributed by atoms with van der Waals surface area (Å²) in [6.45, 7) is 2.12. The van der Waals surface area contributed by atoms with Gasteiger partial charge in [0.25, 0.3) is 0 Å². The number of nitrogens with zero attached hydrogens (tertiary/aromatic N) is 1. The third-order valence-electron chi connectivity index (χ3n) is 1.86. The number of alkyl halides is 1. The Balaban J connectivity index is 3.13. The highest BCUT2D eigenvalue weighted by Gasteiger charge is 1.99. The maximum Gasteiger partial charge on any atom is 0.0991 e. The largest absolute Gasteiger partial charge is 0.192 e. The Bertz CT molecular complexity index is 312. The van der Waals surface area contributed by atoms with Gasteiger partial charge in [0.2, 0.25) is 0 Å². The lowest BCUT2D eigenvalue weighted by Crippen LogP contribution is -1.90. The van der Waals surface area contributed by atoms with Crippen LogP contribution in [0.15, 0.2) is 18.2 Å². The van der Waals surface area contributed by atoms with Crippen molar-refractivity contribution < 1.29 is 0 Å². The standard InChI is InChI=1S/C10H10IN/c1-2-9-5-8(7-12)3-4-10(9)6-11/h3-5H,2,6H2,1H3. The molecule has 0 saturated heterocycles. The zero-order chi connectivity index (χ0) is 8.97. The van der Waals surface area contributed by atoms with Crippen LogP contribution in [0, 0.1) is 11.3 Å². The van der Waals surface area contributed by atoms with Gasteiger partial charge in [0.15, 0.2) is 0 Å². The van der Waals surface area contributed by atoms with Crippen LogP contribution in [0.4, 0.5) is 0 Å². The molecular formula is C10H10IN. The lowest BCUT2D eigenvalue weighted by molar-refractivity contribution is 1.10. The zero-order valence-corrected chi connectivity index (χ0v) is 9.13. The first-order chi connectivity index (χ1) is 5.81. The van der Waals surface area contributed by atoms with Gasteiger partial charge in [-0.25, -0.2) is 0 Å². The first kappa shape index (κ1) is 9.53. The molecule has 62 valence electrons. The summed E-state index contributed by atoms with van der Waals surface area (Å²) in [5, 5.41) is 8.67. The summed E-state index contributed by atoms with van der Waals surface area (Å²) in [6, 6.07) is 8.06. The van der Waals surface area contributed by atoms with E-state index < -0.39 is 0 Å². The molecule has 0 saturated carbocycles. The minimum Gasteiger partial charge on any atom is -0.192 e. The van der Waals surface area contributed by atoms with E-state index >= 15 is 0 Å². The van der Waals surface area contributed by atoms with Crippen LogP contribution in [-0.4, -0.2) is 0 Å². The van der Waals surface area contributed by atoms with Gasteiger partial charge in [0, 0.05) is 4.43 Å². The third-order valence-corrected chi connectivity index (χ3v) is 2.68. The highest BCUT2D eigenvalue weighted by Crippen LogP contribution is 2.15. The van der Waals surface area contributed by atoms with Gasteiger partial charge in [-0.1, -0.05) is 35.6 Å². The minimum atomic E-state index is 0.764. The van der Waals surface area contributed by atoms with E-state index in [0.29, 0.717) is 0 Å². The van der Waals surface area contributed by atoms with Crippen molar-refractivity contribution in [3.8, 4) is 6.07 Å². The summed E-state index contributed by atoms with van der Waals surface area (Å²) >= 11 is 2.34. The molecule has 2 heteroatoms. The molecule has 1 aromatic rings. The van der Waals surface area contributed by atoms with Crippen molar-refractivity contribution in [2.75, 3.05) is 0 Å². The molecule has 0 atom stereocenters. The average molecular weight is 271 g/mol. The van der Waals surface area contributed by atoms with Crippen LogP contribution in [0.2, 0.25) is 0 Å². The smallest absolute Gasteiger partial charge is 0.0991 e. The Morgan fingerprint density at radius 3 is 2.67 bits per heavy atom. The fourth-order valence-corrected chi connectivity index (χ4v) is 1.90. The van der Waals surface area contributed by atoms with E-state index in [4.69, 9.17) is 5.26 Å². The fourth-order valence-electron chi connectivity index (χ4n) is 1.15. The number of rotatable bonds is 2. The molecule has 0 aliphatic carbocycles. The highest BCUT2D eigenvalue weighted by molar-refractivity contribution is 14.1. The molecule has 0 amide bonds. The maximum absolute atomic E-state index is 8.67. The van der Waals surface area contributed by atoms with Crippen molar-refractivity contribution in [1.29, 1.82) is 5.26 Å². The summed E-state index contributed by atoms with van der Waals surface area (Å²) < 4.78 is 1.02. The monoisotopic (exact) mass is 271 g/mol. The fraction of sp³-hybridized carbons (Fsp3) is 0.300. The van der Waals surface area contributed by atoms with Crippen molar-refractivity contribution in [1.82, 2.24) is 0 Å². The van der Waals surface area contributed by atoms with Gasteiger partial charge < -0.3 is 0 Å². The first-order valence-electron chi connectivity index (χ1n) is 3.89. The molecule has 0 fully saturated rings. The molecule has 0 N–H and O–H groups in total. The van der Waals surface area contributed by atoms with Crippen LogP contribution in [-0.2, 0) is 10.8 Å². The summed E-state index contributed by atoms with van der Waals surface area (Å²) in [6.07, 6.45) is 1.01. The van der Waals surface area contributed by atoms with Crippen LogP contribution in [0.5, 0.6) is 0 Å². The predicted molar refractivity (Wildman–Crippen MR) is 58.3 cm³/mol. The Hall–Kier alpha value is -0.560. The van der Waals surface area contributed by atoms with Gasteiger partial charge in [-0.3, -0.25) is 0 Å². The molecule has 0 unspecified atom stereocenters. The van der Waals surface area contributed by atoms with E-state index in [1.54, 1.807) is 0 Å². The van der Waals surface area contributed by atoms with E-state index in [9.17, 15) is 0 Å². The van der Waals surface area contributed by atoms with Crippen molar-refractivity contribution in [3.05, 3.63) is 34.9 Å². The topological polar surface area (TPSA) is 23.8 Å². The second kappa shape index (κ2) is 4.46. The maximum atomic E-state index is 8.67. The normalized spacial score (nSPS) is 9.42. The van der Waals surface area contributed by atoms with Gasteiger partial charge in [0.05, 0.1) is 11.6 Å². The van der Waals surface area contributed by atoms with Gasteiger partial charge in [-0.15, -0.1) is 0 Å². The Kier molecular flexibility index (Phi) is 3.54. The molecular weight excluding hydrogens is 261 g/mol. The number of aryl methyl sites for hydroxylation is 1.